The summed E-state index contributed by atoms with van der Waals surface area (Å²) in [7, 11) is 3.10. The number of thioether (sulfide) groups is 1. The molecule has 1 aliphatic rings. The van der Waals surface area contributed by atoms with Gasteiger partial charge in [-0.25, -0.2) is 14.8 Å². The van der Waals surface area contributed by atoms with Crippen LogP contribution in [0, 0.1) is 0 Å². The summed E-state index contributed by atoms with van der Waals surface area (Å²) in [6, 6.07) is 39.5. The smallest absolute Gasteiger partial charge is 0.336 e. The first-order chi connectivity index (χ1) is 25.8. The van der Waals surface area contributed by atoms with Crippen LogP contribution in [0.2, 0.25) is 0 Å². The van der Waals surface area contributed by atoms with Gasteiger partial charge < -0.3 is 19.9 Å². The van der Waals surface area contributed by atoms with E-state index in [1.54, 1.807) is 81.0 Å². The Hall–Kier alpha value is -6.72. The van der Waals surface area contributed by atoms with E-state index in [2.05, 4.69) is 10.3 Å². The molecule has 1 atom stereocenters. The van der Waals surface area contributed by atoms with Crippen molar-refractivity contribution in [3.05, 3.63) is 156 Å². The number of fused-ring (bicyclic) bond motifs is 1. The van der Waals surface area contributed by atoms with Crippen LogP contribution in [0.5, 0.6) is 11.5 Å². The van der Waals surface area contributed by atoms with E-state index in [0.717, 1.165) is 11.8 Å². The quantitative estimate of drug-likeness (QED) is 0.135. The number of amidine groups is 1. The maximum absolute atomic E-state index is 14.1. The van der Waals surface area contributed by atoms with Crippen molar-refractivity contribution >= 4 is 63.1 Å². The Bertz CT molecular complexity index is 2400. The highest BCUT2D eigenvalue weighted by atomic mass is 32.2. The molecule has 11 heteroatoms. The molecule has 6 aromatic rings. The number of hydrogen-bond donors (Lipinski definition) is 2. The Labute approximate surface area is 309 Å². The first-order valence-electron chi connectivity index (χ1n) is 16.5. The fourth-order valence-electron chi connectivity index (χ4n) is 5.92. The van der Waals surface area contributed by atoms with Gasteiger partial charge >= 0.3 is 5.97 Å². The Morgan fingerprint density at radius 2 is 1.49 bits per heavy atom. The summed E-state index contributed by atoms with van der Waals surface area (Å²) in [4.78, 5) is 51.1. The van der Waals surface area contributed by atoms with Gasteiger partial charge in [0.2, 0.25) is 5.91 Å². The van der Waals surface area contributed by atoms with Crippen LogP contribution < -0.4 is 19.7 Å². The van der Waals surface area contributed by atoms with Crippen LogP contribution in [-0.4, -0.2) is 47.3 Å². The monoisotopic (exact) mass is 720 g/mol. The van der Waals surface area contributed by atoms with Crippen molar-refractivity contribution < 1.29 is 29.0 Å². The Balaban J connectivity index is 1.19. The van der Waals surface area contributed by atoms with Gasteiger partial charge in [0.25, 0.3) is 5.91 Å². The number of nitrogens with one attached hydrogen (secondary N) is 1. The Morgan fingerprint density at radius 3 is 2.19 bits per heavy atom. The van der Waals surface area contributed by atoms with Crippen molar-refractivity contribution in [2.45, 2.75) is 5.25 Å². The number of anilines is 2. The van der Waals surface area contributed by atoms with Gasteiger partial charge in [0.15, 0.2) is 16.7 Å². The molecule has 7 rings (SSSR count). The standard InChI is InChI=1S/C42H32N4O6S/c1-51-36-22-17-26(24-37(36)52-2)23-35-40(48)46(30-13-7-4-8-14-30)42(45-35)53-38(28-11-5-3-6-12-28)39(47)43-29-20-18-27(19-21-29)34-25-32(41(49)50)31-15-9-10-16-33(31)44-34/h3-25,38H,1-2H3,(H,43,47)(H,49,50)/b35-23-. The van der Waals surface area contributed by atoms with Crippen molar-refractivity contribution in [2.75, 3.05) is 24.4 Å². The molecule has 1 aliphatic heterocycles. The van der Waals surface area contributed by atoms with Crippen LogP contribution in [0.3, 0.4) is 0 Å². The van der Waals surface area contributed by atoms with Gasteiger partial charge in [0, 0.05) is 16.6 Å². The average Bonchev–Trinajstić information content (AvgIpc) is 3.50. The van der Waals surface area contributed by atoms with Crippen LogP contribution >= 0.6 is 11.8 Å². The predicted octanol–water partition coefficient (Wildman–Crippen LogP) is 8.47. The second-order valence-electron chi connectivity index (χ2n) is 11.9. The molecule has 0 saturated heterocycles. The van der Waals surface area contributed by atoms with E-state index in [1.165, 1.54) is 4.90 Å². The van der Waals surface area contributed by atoms with E-state index in [-0.39, 0.29) is 23.1 Å². The van der Waals surface area contributed by atoms with Crippen LogP contribution in [0.4, 0.5) is 11.4 Å². The third kappa shape index (κ3) is 7.37. The van der Waals surface area contributed by atoms with Crippen molar-refractivity contribution in [2.24, 2.45) is 4.99 Å². The highest BCUT2D eigenvalue weighted by Gasteiger charge is 2.36. The van der Waals surface area contributed by atoms with Crippen LogP contribution in [0.25, 0.3) is 28.2 Å². The number of aliphatic imine (C=N–C) groups is 1. The Morgan fingerprint density at radius 1 is 0.811 bits per heavy atom. The second kappa shape index (κ2) is 15.3. The molecular formula is C42H32N4O6S. The minimum Gasteiger partial charge on any atom is -0.493 e. The molecule has 10 nitrogen and oxygen atoms in total. The molecule has 0 spiro atoms. The third-order valence-electron chi connectivity index (χ3n) is 8.51. The maximum Gasteiger partial charge on any atom is 0.336 e. The number of amides is 2. The number of benzene rings is 5. The fraction of sp³-hybridized carbons (Fsp3) is 0.0714. The number of ether oxygens (including phenoxy) is 2. The van der Waals surface area contributed by atoms with E-state index in [4.69, 9.17) is 14.5 Å². The highest BCUT2D eigenvalue weighted by Crippen LogP contribution is 2.38. The molecule has 2 heterocycles. The molecule has 0 bridgehead atoms. The van der Waals surface area contributed by atoms with Crippen LogP contribution in [-0.2, 0) is 9.59 Å². The first-order valence-corrected chi connectivity index (χ1v) is 17.4. The number of carboxylic acid groups (broad SMARTS) is 1. The lowest BCUT2D eigenvalue weighted by molar-refractivity contribution is -0.116. The third-order valence-corrected chi connectivity index (χ3v) is 9.72. The number of pyridine rings is 1. The number of para-hydroxylation sites is 2. The van der Waals surface area contributed by atoms with E-state index >= 15 is 0 Å². The average molecular weight is 721 g/mol. The molecule has 2 N–H and O–H groups in total. The zero-order valence-electron chi connectivity index (χ0n) is 28.6. The summed E-state index contributed by atoms with van der Waals surface area (Å²) >= 11 is 1.16. The van der Waals surface area contributed by atoms with E-state index in [1.807, 2.05) is 72.8 Å². The number of carboxylic acids is 1. The van der Waals surface area contributed by atoms with Gasteiger partial charge in [-0.3, -0.25) is 14.5 Å². The van der Waals surface area contributed by atoms with Gasteiger partial charge in [-0.15, -0.1) is 0 Å². The summed E-state index contributed by atoms with van der Waals surface area (Å²) in [5, 5.41) is 13.0. The number of hydrogen-bond acceptors (Lipinski definition) is 8. The number of methoxy groups -OCH3 is 2. The van der Waals surface area contributed by atoms with Crippen molar-refractivity contribution in [1.82, 2.24) is 4.98 Å². The molecule has 5 aromatic carbocycles. The first kappa shape index (κ1) is 34.7. The molecular weight excluding hydrogens is 689 g/mol. The van der Waals surface area contributed by atoms with Gasteiger partial charge in [-0.05, 0) is 65.7 Å². The summed E-state index contributed by atoms with van der Waals surface area (Å²) in [5.74, 6) is -0.641. The minimum atomic E-state index is -1.04. The lowest BCUT2D eigenvalue weighted by Gasteiger charge is -2.22. The molecule has 0 aliphatic carbocycles. The van der Waals surface area contributed by atoms with Crippen molar-refractivity contribution in [3.8, 4) is 22.8 Å². The predicted molar refractivity (Wildman–Crippen MR) is 208 cm³/mol. The maximum atomic E-state index is 14.1. The van der Waals surface area contributed by atoms with Gasteiger partial charge in [-0.2, -0.15) is 0 Å². The van der Waals surface area contributed by atoms with Crippen LogP contribution in [0.15, 0.2) is 144 Å². The molecule has 262 valence electrons. The number of carbonyl (C=O) groups excluding carboxylic acids is 2. The number of carbonyl (C=O) groups is 3. The van der Waals surface area contributed by atoms with E-state index < -0.39 is 11.2 Å². The van der Waals surface area contributed by atoms with Gasteiger partial charge in [0.1, 0.15) is 10.9 Å². The summed E-state index contributed by atoms with van der Waals surface area (Å²) in [6.45, 7) is 0. The molecule has 0 fully saturated rings. The molecule has 1 unspecified atom stereocenters. The lowest BCUT2D eigenvalue weighted by atomic mass is 10.0. The van der Waals surface area contributed by atoms with Crippen molar-refractivity contribution in [3.63, 3.8) is 0 Å². The summed E-state index contributed by atoms with van der Waals surface area (Å²) in [5.41, 5.74) is 4.65. The SMILES string of the molecule is COc1ccc(/C=C2\N=C(SC(C(=O)Nc3ccc(-c4cc(C(=O)O)c5ccccc5n4)cc3)c3ccccc3)N(c3ccccc3)C2=O)cc1OC. The molecule has 0 saturated carbocycles. The molecule has 2 amide bonds. The van der Waals surface area contributed by atoms with Gasteiger partial charge in [-0.1, -0.05) is 96.7 Å². The fourth-order valence-corrected chi connectivity index (χ4v) is 7.03. The zero-order valence-corrected chi connectivity index (χ0v) is 29.4. The number of nitrogens with zero attached hydrogens (tertiary/aromatic N) is 3. The summed E-state index contributed by atoms with van der Waals surface area (Å²) in [6.07, 6.45) is 1.68. The van der Waals surface area contributed by atoms with E-state index in [9.17, 15) is 19.5 Å². The minimum absolute atomic E-state index is 0.158. The summed E-state index contributed by atoms with van der Waals surface area (Å²) < 4.78 is 10.8. The van der Waals surface area contributed by atoms with E-state index in [0.29, 0.717) is 61.3 Å². The number of rotatable bonds is 10. The largest absolute Gasteiger partial charge is 0.493 e. The molecule has 53 heavy (non-hydrogen) atoms. The zero-order chi connectivity index (χ0) is 36.9. The Kier molecular flexibility index (Phi) is 9.99. The normalized spacial score (nSPS) is 13.8. The second-order valence-corrected chi connectivity index (χ2v) is 12.9. The van der Waals surface area contributed by atoms with Crippen LogP contribution in [0.1, 0.15) is 26.7 Å². The highest BCUT2D eigenvalue weighted by molar-refractivity contribution is 8.15. The molecule has 1 aromatic heterocycles. The molecule has 0 radical (unpaired) electrons. The number of aromatic nitrogens is 1. The topological polar surface area (TPSA) is 130 Å². The lowest BCUT2D eigenvalue weighted by Crippen LogP contribution is -2.32. The van der Waals surface area contributed by atoms with Crippen molar-refractivity contribution in [1.29, 1.82) is 0 Å². The van der Waals surface area contributed by atoms with Gasteiger partial charge in [0.05, 0.1) is 36.7 Å². The number of aromatic carboxylic acids is 1.